The first-order chi connectivity index (χ1) is 9.72. The molecule has 1 N–H and O–H groups in total. The third-order valence-corrected chi connectivity index (χ3v) is 4.03. The molecule has 4 nitrogen and oxygen atoms in total. The molecule has 5 heteroatoms. The number of halogens is 1. The second kappa shape index (κ2) is 5.83. The number of hydrogen-bond donors (Lipinski definition) is 1. The van der Waals surface area contributed by atoms with Crippen molar-refractivity contribution in [1.82, 2.24) is 14.8 Å². The molecule has 0 bridgehead atoms. The Labute approximate surface area is 124 Å². The first-order valence-electron chi connectivity index (χ1n) is 7.14. The van der Waals surface area contributed by atoms with Gasteiger partial charge in [-0.25, -0.2) is 4.98 Å². The Kier molecular flexibility index (Phi) is 3.92. The minimum absolute atomic E-state index is 0.505. The van der Waals surface area contributed by atoms with Gasteiger partial charge in [0.25, 0.3) is 0 Å². The number of aromatic nitrogens is 3. The molecule has 1 aliphatic rings. The van der Waals surface area contributed by atoms with E-state index in [0.29, 0.717) is 11.2 Å². The highest BCUT2D eigenvalue weighted by Gasteiger charge is 2.16. The summed E-state index contributed by atoms with van der Waals surface area (Å²) < 4.78 is 1.80. The zero-order valence-corrected chi connectivity index (χ0v) is 12.4. The predicted octanol–water partition coefficient (Wildman–Crippen LogP) is 3.88. The molecule has 1 fully saturated rings. The second-order valence-electron chi connectivity index (χ2n) is 5.41. The van der Waals surface area contributed by atoms with Crippen LogP contribution in [0.2, 0.25) is 5.15 Å². The molecule has 0 radical (unpaired) electrons. The Morgan fingerprint density at radius 2 is 2.05 bits per heavy atom. The standard InChI is InChI=1S/C15H19ClN4/c1-20-10-11(9-17-20)13-7-8-14(16)19-15(13)18-12-5-3-2-4-6-12/h7-10,12H,2-6H2,1H3,(H,18,19). The number of nitrogens with zero attached hydrogens (tertiary/aromatic N) is 3. The van der Waals surface area contributed by atoms with E-state index in [1.807, 2.05) is 31.6 Å². The maximum atomic E-state index is 6.06. The van der Waals surface area contributed by atoms with Gasteiger partial charge < -0.3 is 5.32 Å². The molecule has 0 aliphatic heterocycles. The van der Waals surface area contributed by atoms with Gasteiger partial charge in [-0.05, 0) is 25.0 Å². The lowest BCUT2D eigenvalue weighted by molar-refractivity contribution is 0.462. The van der Waals surface area contributed by atoms with Crippen molar-refractivity contribution in [3.05, 3.63) is 29.7 Å². The van der Waals surface area contributed by atoms with Crippen LogP contribution in [0.4, 0.5) is 5.82 Å². The lowest BCUT2D eigenvalue weighted by Crippen LogP contribution is -2.23. The van der Waals surface area contributed by atoms with Crippen LogP contribution in [-0.2, 0) is 7.05 Å². The molecule has 3 rings (SSSR count). The molecular weight excluding hydrogens is 272 g/mol. The van der Waals surface area contributed by atoms with Gasteiger partial charge in [0.1, 0.15) is 11.0 Å². The fourth-order valence-electron chi connectivity index (χ4n) is 2.78. The van der Waals surface area contributed by atoms with Gasteiger partial charge in [-0.2, -0.15) is 5.10 Å². The highest BCUT2D eigenvalue weighted by molar-refractivity contribution is 6.29. The summed E-state index contributed by atoms with van der Waals surface area (Å²) in [6.07, 6.45) is 10.2. The monoisotopic (exact) mass is 290 g/mol. The Hall–Kier alpha value is -1.55. The van der Waals surface area contributed by atoms with Crippen LogP contribution in [0.5, 0.6) is 0 Å². The average Bonchev–Trinajstić information content (AvgIpc) is 2.86. The zero-order chi connectivity index (χ0) is 13.9. The van der Waals surface area contributed by atoms with Crippen molar-refractivity contribution in [2.24, 2.45) is 7.05 Å². The van der Waals surface area contributed by atoms with Crippen molar-refractivity contribution in [3.8, 4) is 11.1 Å². The van der Waals surface area contributed by atoms with Crippen molar-refractivity contribution in [1.29, 1.82) is 0 Å². The molecule has 1 aliphatic carbocycles. The van der Waals surface area contributed by atoms with Crippen molar-refractivity contribution < 1.29 is 0 Å². The smallest absolute Gasteiger partial charge is 0.135 e. The summed E-state index contributed by atoms with van der Waals surface area (Å²) >= 11 is 6.06. The van der Waals surface area contributed by atoms with Crippen molar-refractivity contribution in [2.75, 3.05) is 5.32 Å². The average molecular weight is 291 g/mol. The molecule has 1 saturated carbocycles. The van der Waals surface area contributed by atoms with E-state index in [1.54, 1.807) is 4.68 Å². The van der Waals surface area contributed by atoms with Crippen LogP contribution in [0, 0.1) is 0 Å². The van der Waals surface area contributed by atoms with Crippen LogP contribution in [0.15, 0.2) is 24.5 Å². The summed E-state index contributed by atoms with van der Waals surface area (Å²) in [7, 11) is 1.92. The van der Waals surface area contributed by atoms with Crippen LogP contribution < -0.4 is 5.32 Å². The minimum atomic E-state index is 0.505. The molecule has 0 aromatic carbocycles. The number of pyridine rings is 1. The molecule has 2 heterocycles. The number of hydrogen-bond acceptors (Lipinski definition) is 3. The van der Waals surface area contributed by atoms with E-state index in [4.69, 9.17) is 11.6 Å². The third-order valence-electron chi connectivity index (χ3n) is 3.82. The number of aryl methyl sites for hydroxylation is 1. The zero-order valence-electron chi connectivity index (χ0n) is 11.6. The van der Waals surface area contributed by atoms with Gasteiger partial charge in [-0.1, -0.05) is 30.9 Å². The highest BCUT2D eigenvalue weighted by atomic mass is 35.5. The van der Waals surface area contributed by atoms with E-state index in [0.717, 1.165) is 16.9 Å². The van der Waals surface area contributed by atoms with Crippen LogP contribution >= 0.6 is 11.6 Å². The summed E-state index contributed by atoms with van der Waals surface area (Å²) in [5.74, 6) is 0.873. The molecule has 0 unspecified atom stereocenters. The summed E-state index contributed by atoms with van der Waals surface area (Å²) in [6, 6.07) is 4.35. The first kappa shape index (κ1) is 13.4. The molecule has 0 atom stereocenters. The normalized spacial score (nSPS) is 16.3. The van der Waals surface area contributed by atoms with Gasteiger partial charge in [0.05, 0.1) is 6.20 Å². The summed E-state index contributed by atoms with van der Waals surface area (Å²) in [6.45, 7) is 0. The van der Waals surface area contributed by atoms with Crippen molar-refractivity contribution in [3.63, 3.8) is 0 Å². The SMILES string of the molecule is Cn1cc(-c2ccc(Cl)nc2NC2CCCCC2)cn1. The second-order valence-corrected chi connectivity index (χ2v) is 5.80. The van der Waals surface area contributed by atoms with Gasteiger partial charge in [0.15, 0.2) is 0 Å². The summed E-state index contributed by atoms with van der Waals surface area (Å²) in [4.78, 5) is 4.47. The lowest BCUT2D eigenvalue weighted by atomic mass is 9.95. The van der Waals surface area contributed by atoms with E-state index in [1.165, 1.54) is 32.1 Å². The molecule has 20 heavy (non-hydrogen) atoms. The summed E-state index contributed by atoms with van der Waals surface area (Å²) in [5, 5.41) is 8.32. The van der Waals surface area contributed by atoms with Gasteiger partial charge in [-0.3, -0.25) is 4.68 Å². The maximum Gasteiger partial charge on any atom is 0.135 e. The van der Waals surface area contributed by atoms with Crippen molar-refractivity contribution >= 4 is 17.4 Å². The number of nitrogens with one attached hydrogen (secondary N) is 1. The van der Waals surface area contributed by atoms with Crippen LogP contribution in [-0.4, -0.2) is 20.8 Å². The molecule has 0 saturated heterocycles. The first-order valence-corrected chi connectivity index (χ1v) is 7.52. The van der Waals surface area contributed by atoms with Gasteiger partial charge in [-0.15, -0.1) is 0 Å². The van der Waals surface area contributed by atoms with Gasteiger partial charge >= 0.3 is 0 Å². The predicted molar refractivity (Wildman–Crippen MR) is 81.9 cm³/mol. The Bertz CT molecular complexity index is 587. The fourth-order valence-corrected chi connectivity index (χ4v) is 2.93. The van der Waals surface area contributed by atoms with Crippen LogP contribution in [0.1, 0.15) is 32.1 Å². The Morgan fingerprint density at radius 3 is 2.75 bits per heavy atom. The minimum Gasteiger partial charge on any atom is -0.367 e. The van der Waals surface area contributed by atoms with Gasteiger partial charge in [0.2, 0.25) is 0 Å². The van der Waals surface area contributed by atoms with Crippen LogP contribution in [0.3, 0.4) is 0 Å². The topological polar surface area (TPSA) is 42.7 Å². The Morgan fingerprint density at radius 1 is 1.25 bits per heavy atom. The van der Waals surface area contributed by atoms with E-state index < -0.39 is 0 Å². The largest absolute Gasteiger partial charge is 0.367 e. The quantitative estimate of drug-likeness (QED) is 0.872. The molecule has 0 spiro atoms. The molecule has 2 aromatic heterocycles. The highest BCUT2D eigenvalue weighted by Crippen LogP contribution is 2.30. The molecule has 2 aromatic rings. The van der Waals surface area contributed by atoms with E-state index in [9.17, 15) is 0 Å². The number of rotatable bonds is 3. The third kappa shape index (κ3) is 2.96. The van der Waals surface area contributed by atoms with Gasteiger partial charge in [0, 0.05) is 30.4 Å². The fraction of sp³-hybridized carbons (Fsp3) is 0.467. The number of anilines is 1. The molecule has 0 amide bonds. The van der Waals surface area contributed by atoms with E-state index >= 15 is 0 Å². The molecule has 106 valence electrons. The van der Waals surface area contributed by atoms with Crippen molar-refractivity contribution in [2.45, 2.75) is 38.1 Å². The van der Waals surface area contributed by atoms with E-state index in [-0.39, 0.29) is 0 Å². The molecular formula is C15H19ClN4. The maximum absolute atomic E-state index is 6.06. The summed E-state index contributed by atoms with van der Waals surface area (Å²) in [5.41, 5.74) is 2.13. The lowest BCUT2D eigenvalue weighted by Gasteiger charge is -2.24. The Balaban J connectivity index is 1.89. The van der Waals surface area contributed by atoms with E-state index in [2.05, 4.69) is 15.4 Å². The van der Waals surface area contributed by atoms with Crippen LogP contribution in [0.25, 0.3) is 11.1 Å².